The van der Waals surface area contributed by atoms with Crippen LogP contribution in [0.5, 0.6) is 0 Å². The van der Waals surface area contributed by atoms with E-state index in [0.29, 0.717) is 20.1 Å². The maximum absolute atomic E-state index is 11.2. The third-order valence-electron chi connectivity index (χ3n) is 1.96. The lowest BCUT2D eigenvalue weighted by Crippen LogP contribution is -2.44. The molecule has 0 spiro atoms. The van der Waals surface area contributed by atoms with Crippen molar-refractivity contribution in [3.8, 4) is 0 Å². The highest BCUT2D eigenvalue weighted by atomic mass is 16.6. The largest absolute Gasteiger partial charge is 0.444 e. The van der Waals surface area contributed by atoms with E-state index in [1.165, 1.54) is 4.90 Å². The van der Waals surface area contributed by atoms with Crippen LogP contribution in [0, 0.1) is 0 Å². The van der Waals surface area contributed by atoms with Crippen LogP contribution in [0.15, 0.2) is 30.3 Å². The van der Waals surface area contributed by atoms with Gasteiger partial charge in [-0.15, -0.1) is 0 Å². The SMILES string of the molecule is O=C(OCc1ccccc1)N1COC1. The summed E-state index contributed by atoms with van der Waals surface area (Å²) in [6, 6.07) is 9.58. The first-order valence-electron chi connectivity index (χ1n) is 4.39. The highest BCUT2D eigenvalue weighted by molar-refractivity contribution is 5.67. The molecule has 0 aromatic heterocycles. The number of hydrogen-bond donors (Lipinski definition) is 0. The van der Waals surface area contributed by atoms with Crippen LogP contribution in [0.4, 0.5) is 4.79 Å². The van der Waals surface area contributed by atoms with Crippen LogP contribution in [0.3, 0.4) is 0 Å². The van der Waals surface area contributed by atoms with Crippen LogP contribution in [-0.2, 0) is 16.1 Å². The Labute approximate surface area is 82.0 Å². The van der Waals surface area contributed by atoms with Gasteiger partial charge in [-0.2, -0.15) is 0 Å². The smallest absolute Gasteiger partial charge is 0.413 e. The van der Waals surface area contributed by atoms with Crippen molar-refractivity contribution >= 4 is 6.09 Å². The predicted octanol–water partition coefficient (Wildman–Crippen LogP) is 1.57. The van der Waals surface area contributed by atoms with Crippen LogP contribution in [0.2, 0.25) is 0 Å². The zero-order chi connectivity index (χ0) is 9.80. The molecule has 1 amide bonds. The fourth-order valence-electron chi connectivity index (χ4n) is 1.10. The average Bonchev–Trinajstić information content (AvgIpc) is 2.14. The summed E-state index contributed by atoms with van der Waals surface area (Å²) in [5, 5.41) is 0. The second-order valence-electron chi connectivity index (χ2n) is 3.04. The topological polar surface area (TPSA) is 38.8 Å². The second-order valence-corrected chi connectivity index (χ2v) is 3.04. The highest BCUT2D eigenvalue weighted by Gasteiger charge is 2.21. The molecular weight excluding hydrogens is 182 g/mol. The Kier molecular flexibility index (Phi) is 2.65. The Morgan fingerprint density at radius 1 is 1.36 bits per heavy atom. The molecule has 0 N–H and O–H groups in total. The maximum Gasteiger partial charge on any atom is 0.413 e. The minimum absolute atomic E-state index is 0.316. The fourth-order valence-corrected chi connectivity index (χ4v) is 1.10. The Bertz CT molecular complexity index is 308. The Hall–Kier alpha value is -1.55. The van der Waals surface area contributed by atoms with Crippen molar-refractivity contribution in [2.75, 3.05) is 13.5 Å². The Morgan fingerprint density at radius 2 is 2.07 bits per heavy atom. The minimum atomic E-state index is -0.319. The predicted molar refractivity (Wildman–Crippen MR) is 49.3 cm³/mol. The van der Waals surface area contributed by atoms with Crippen LogP contribution in [0.1, 0.15) is 5.56 Å². The van der Waals surface area contributed by atoms with Crippen molar-refractivity contribution in [2.45, 2.75) is 6.61 Å². The Morgan fingerprint density at radius 3 is 2.64 bits per heavy atom. The molecule has 4 heteroatoms. The molecule has 14 heavy (non-hydrogen) atoms. The molecule has 0 aliphatic carbocycles. The van der Waals surface area contributed by atoms with Crippen molar-refractivity contribution in [1.82, 2.24) is 4.90 Å². The summed E-state index contributed by atoms with van der Waals surface area (Å²) in [6.07, 6.45) is -0.319. The van der Waals surface area contributed by atoms with Gasteiger partial charge in [-0.25, -0.2) is 4.79 Å². The molecule has 1 aromatic rings. The molecule has 74 valence electrons. The van der Waals surface area contributed by atoms with Gasteiger partial charge in [0.25, 0.3) is 0 Å². The lowest BCUT2D eigenvalue weighted by Gasteiger charge is -2.29. The van der Waals surface area contributed by atoms with Crippen LogP contribution in [0.25, 0.3) is 0 Å². The average molecular weight is 193 g/mol. The van der Waals surface area contributed by atoms with Gasteiger partial charge in [0, 0.05) is 0 Å². The lowest BCUT2D eigenvalue weighted by atomic mass is 10.2. The number of ether oxygens (including phenoxy) is 2. The molecular formula is C10H11NO3. The van der Waals surface area contributed by atoms with E-state index in [1.54, 1.807) is 0 Å². The maximum atomic E-state index is 11.2. The molecule has 0 radical (unpaired) electrons. The summed E-state index contributed by atoms with van der Waals surface area (Å²) in [5.74, 6) is 0. The van der Waals surface area contributed by atoms with Gasteiger partial charge in [0.1, 0.15) is 20.1 Å². The molecule has 2 rings (SSSR count). The van der Waals surface area contributed by atoms with E-state index in [1.807, 2.05) is 30.3 Å². The van der Waals surface area contributed by atoms with Gasteiger partial charge < -0.3 is 9.47 Å². The van der Waals surface area contributed by atoms with E-state index in [4.69, 9.17) is 9.47 Å². The summed E-state index contributed by atoms with van der Waals surface area (Å²) < 4.78 is 9.87. The molecule has 0 unspecified atom stereocenters. The number of benzene rings is 1. The van der Waals surface area contributed by atoms with E-state index in [2.05, 4.69) is 0 Å². The van der Waals surface area contributed by atoms with E-state index in [9.17, 15) is 4.79 Å². The first kappa shape index (κ1) is 9.02. The second kappa shape index (κ2) is 4.11. The third-order valence-corrected chi connectivity index (χ3v) is 1.96. The number of rotatable bonds is 2. The molecule has 4 nitrogen and oxygen atoms in total. The quantitative estimate of drug-likeness (QED) is 0.715. The molecule has 1 aromatic carbocycles. The van der Waals surface area contributed by atoms with Gasteiger partial charge >= 0.3 is 6.09 Å². The van der Waals surface area contributed by atoms with Crippen molar-refractivity contribution < 1.29 is 14.3 Å². The highest BCUT2D eigenvalue weighted by Crippen LogP contribution is 2.07. The van der Waals surface area contributed by atoms with Crippen molar-refractivity contribution in [3.05, 3.63) is 35.9 Å². The minimum Gasteiger partial charge on any atom is -0.444 e. The molecule has 0 saturated carbocycles. The monoisotopic (exact) mass is 193 g/mol. The molecule has 1 aliphatic heterocycles. The van der Waals surface area contributed by atoms with E-state index < -0.39 is 0 Å². The van der Waals surface area contributed by atoms with Gasteiger partial charge in [0.05, 0.1) is 0 Å². The normalized spacial score (nSPS) is 14.7. The van der Waals surface area contributed by atoms with Crippen LogP contribution >= 0.6 is 0 Å². The molecule has 1 aliphatic rings. The molecule has 1 saturated heterocycles. The van der Waals surface area contributed by atoms with Crippen molar-refractivity contribution in [1.29, 1.82) is 0 Å². The zero-order valence-electron chi connectivity index (χ0n) is 7.68. The van der Waals surface area contributed by atoms with Gasteiger partial charge in [0.2, 0.25) is 0 Å². The summed E-state index contributed by atoms with van der Waals surface area (Å²) >= 11 is 0. The molecule has 0 atom stereocenters. The van der Waals surface area contributed by atoms with Crippen LogP contribution in [-0.4, -0.2) is 24.5 Å². The van der Waals surface area contributed by atoms with Gasteiger partial charge in [-0.05, 0) is 5.56 Å². The number of carbonyl (C=O) groups excluding carboxylic acids is 1. The summed E-state index contributed by atoms with van der Waals surface area (Å²) in [5.41, 5.74) is 0.988. The molecule has 1 fully saturated rings. The first-order valence-corrected chi connectivity index (χ1v) is 4.39. The van der Waals surface area contributed by atoms with Crippen LogP contribution < -0.4 is 0 Å². The standard InChI is InChI=1S/C10H11NO3/c12-10(11-7-13-8-11)14-6-9-4-2-1-3-5-9/h1-5H,6-8H2. The molecule has 1 heterocycles. The van der Waals surface area contributed by atoms with Crippen molar-refractivity contribution in [2.24, 2.45) is 0 Å². The summed E-state index contributed by atoms with van der Waals surface area (Å²) in [7, 11) is 0. The van der Waals surface area contributed by atoms with E-state index >= 15 is 0 Å². The lowest BCUT2D eigenvalue weighted by molar-refractivity contribution is -0.127. The summed E-state index contributed by atoms with van der Waals surface area (Å²) in [4.78, 5) is 12.7. The Balaban J connectivity index is 1.79. The molecule has 0 bridgehead atoms. The van der Waals surface area contributed by atoms with E-state index in [0.717, 1.165) is 5.56 Å². The summed E-state index contributed by atoms with van der Waals surface area (Å²) in [6.45, 7) is 0.997. The van der Waals surface area contributed by atoms with Gasteiger partial charge in [-0.3, -0.25) is 4.90 Å². The van der Waals surface area contributed by atoms with Crippen molar-refractivity contribution in [3.63, 3.8) is 0 Å². The number of carbonyl (C=O) groups is 1. The third kappa shape index (κ3) is 2.03. The van der Waals surface area contributed by atoms with Gasteiger partial charge in [-0.1, -0.05) is 30.3 Å². The van der Waals surface area contributed by atoms with E-state index in [-0.39, 0.29) is 6.09 Å². The van der Waals surface area contributed by atoms with Gasteiger partial charge in [0.15, 0.2) is 0 Å². The number of hydrogen-bond acceptors (Lipinski definition) is 3. The number of nitrogens with zero attached hydrogens (tertiary/aromatic N) is 1. The zero-order valence-corrected chi connectivity index (χ0v) is 7.68. The number of amides is 1. The fraction of sp³-hybridized carbons (Fsp3) is 0.300. The first-order chi connectivity index (χ1) is 6.86.